The average molecular weight is 289 g/mol. The lowest BCUT2D eigenvalue weighted by Gasteiger charge is -2.30. The number of carbonyl (C=O) groups excluding carboxylic acids is 1. The minimum absolute atomic E-state index is 0.0708. The number of benzene rings is 1. The van der Waals surface area contributed by atoms with Crippen LogP contribution in [0.5, 0.6) is 0 Å². The highest BCUT2D eigenvalue weighted by atomic mass is 16.3. The SMILES string of the molecule is CC(C)(C(=O)NCC(O)Cc1ccccc1)C1CCCC1. The van der Waals surface area contributed by atoms with Gasteiger partial charge in [-0.15, -0.1) is 0 Å². The van der Waals surface area contributed by atoms with Crippen molar-refractivity contribution in [2.24, 2.45) is 11.3 Å². The first-order valence-electron chi connectivity index (χ1n) is 8.00. The van der Waals surface area contributed by atoms with Gasteiger partial charge in [-0.3, -0.25) is 4.79 Å². The zero-order valence-electron chi connectivity index (χ0n) is 13.1. The molecule has 1 aromatic carbocycles. The Hall–Kier alpha value is -1.35. The van der Waals surface area contributed by atoms with Crippen LogP contribution in [-0.4, -0.2) is 23.7 Å². The number of hydrogen-bond acceptors (Lipinski definition) is 2. The summed E-state index contributed by atoms with van der Waals surface area (Å²) in [6, 6.07) is 9.87. The largest absolute Gasteiger partial charge is 0.391 e. The molecule has 0 spiro atoms. The molecule has 1 aliphatic rings. The van der Waals surface area contributed by atoms with E-state index in [-0.39, 0.29) is 11.3 Å². The van der Waals surface area contributed by atoms with Gasteiger partial charge >= 0.3 is 0 Å². The van der Waals surface area contributed by atoms with E-state index in [1.165, 1.54) is 12.8 Å². The Labute approximate surface area is 127 Å². The van der Waals surface area contributed by atoms with Gasteiger partial charge in [0, 0.05) is 18.4 Å². The monoisotopic (exact) mass is 289 g/mol. The summed E-state index contributed by atoms with van der Waals surface area (Å²) in [5.41, 5.74) is 0.762. The highest BCUT2D eigenvalue weighted by Gasteiger charge is 2.37. The Morgan fingerprint density at radius 1 is 1.29 bits per heavy atom. The summed E-state index contributed by atoms with van der Waals surface area (Å²) in [5, 5.41) is 13.0. The molecule has 0 heterocycles. The topological polar surface area (TPSA) is 49.3 Å². The zero-order chi connectivity index (χ0) is 15.3. The second kappa shape index (κ2) is 7.08. The van der Waals surface area contributed by atoms with E-state index in [0.29, 0.717) is 18.9 Å². The summed E-state index contributed by atoms with van der Waals surface area (Å²) in [4.78, 5) is 12.4. The maximum absolute atomic E-state index is 12.4. The molecule has 2 rings (SSSR count). The predicted molar refractivity (Wildman–Crippen MR) is 84.9 cm³/mol. The quantitative estimate of drug-likeness (QED) is 0.846. The Kier molecular flexibility index (Phi) is 5.40. The van der Waals surface area contributed by atoms with Crippen LogP contribution in [0.15, 0.2) is 30.3 Å². The van der Waals surface area contributed by atoms with Crippen molar-refractivity contribution in [3.05, 3.63) is 35.9 Å². The molecule has 1 aliphatic carbocycles. The lowest BCUT2D eigenvalue weighted by molar-refractivity contribution is -0.132. The van der Waals surface area contributed by atoms with Gasteiger partial charge in [0.2, 0.25) is 5.91 Å². The molecule has 1 aromatic rings. The van der Waals surface area contributed by atoms with E-state index in [9.17, 15) is 9.90 Å². The molecule has 1 atom stereocenters. The lowest BCUT2D eigenvalue weighted by atomic mass is 9.77. The van der Waals surface area contributed by atoms with Crippen LogP contribution in [0.25, 0.3) is 0 Å². The number of aliphatic hydroxyl groups excluding tert-OH is 1. The number of amides is 1. The summed E-state index contributed by atoms with van der Waals surface area (Å²) < 4.78 is 0. The highest BCUT2D eigenvalue weighted by molar-refractivity contribution is 5.82. The van der Waals surface area contributed by atoms with Crippen LogP contribution in [0.3, 0.4) is 0 Å². The van der Waals surface area contributed by atoms with E-state index in [2.05, 4.69) is 5.32 Å². The molecule has 1 amide bonds. The van der Waals surface area contributed by atoms with Crippen molar-refractivity contribution < 1.29 is 9.90 Å². The van der Waals surface area contributed by atoms with Crippen molar-refractivity contribution >= 4 is 5.91 Å². The van der Waals surface area contributed by atoms with E-state index >= 15 is 0 Å². The van der Waals surface area contributed by atoms with Gasteiger partial charge < -0.3 is 10.4 Å². The number of rotatable bonds is 6. The molecule has 0 aliphatic heterocycles. The van der Waals surface area contributed by atoms with E-state index in [0.717, 1.165) is 18.4 Å². The van der Waals surface area contributed by atoms with Crippen LogP contribution >= 0.6 is 0 Å². The second-order valence-electron chi connectivity index (χ2n) is 6.76. The van der Waals surface area contributed by atoms with Crippen molar-refractivity contribution in [1.29, 1.82) is 0 Å². The molecule has 116 valence electrons. The van der Waals surface area contributed by atoms with E-state index in [4.69, 9.17) is 0 Å². The van der Waals surface area contributed by atoms with Gasteiger partial charge in [0.1, 0.15) is 0 Å². The summed E-state index contributed by atoms with van der Waals surface area (Å²) in [7, 11) is 0. The molecule has 0 bridgehead atoms. The fourth-order valence-corrected chi connectivity index (χ4v) is 3.23. The lowest BCUT2D eigenvalue weighted by Crippen LogP contribution is -2.44. The fraction of sp³-hybridized carbons (Fsp3) is 0.611. The van der Waals surface area contributed by atoms with Crippen molar-refractivity contribution in [2.75, 3.05) is 6.54 Å². The van der Waals surface area contributed by atoms with Gasteiger partial charge in [-0.05, 0) is 24.3 Å². The smallest absolute Gasteiger partial charge is 0.226 e. The Bertz CT molecular complexity index is 450. The average Bonchev–Trinajstić information content (AvgIpc) is 3.00. The van der Waals surface area contributed by atoms with Crippen LogP contribution in [0.1, 0.15) is 45.1 Å². The number of hydrogen-bond donors (Lipinski definition) is 2. The maximum atomic E-state index is 12.4. The number of nitrogens with one attached hydrogen (secondary N) is 1. The summed E-state index contributed by atoms with van der Waals surface area (Å²) in [6.07, 6.45) is 4.80. The van der Waals surface area contributed by atoms with Crippen LogP contribution in [0, 0.1) is 11.3 Å². The fourth-order valence-electron chi connectivity index (χ4n) is 3.23. The van der Waals surface area contributed by atoms with Gasteiger partial charge in [-0.25, -0.2) is 0 Å². The molecule has 21 heavy (non-hydrogen) atoms. The molecule has 0 aromatic heterocycles. The van der Waals surface area contributed by atoms with Crippen molar-refractivity contribution in [1.82, 2.24) is 5.32 Å². The van der Waals surface area contributed by atoms with E-state index in [1.807, 2.05) is 44.2 Å². The molecular weight excluding hydrogens is 262 g/mol. The Morgan fingerprint density at radius 3 is 2.52 bits per heavy atom. The van der Waals surface area contributed by atoms with Gasteiger partial charge in [0.25, 0.3) is 0 Å². The van der Waals surface area contributed by atoms with Gasteiger partial charge in [0.05, 0.1) is 6.10 Å². The summed E-state index contributed by atoms with van der Waals surface area (Å²) in [5.74, 6) is 0.547. The molecule has 3 nitrogen and oxygen atoms in total. The standard InChI is InChI=1S/C18H27NO2/c1-18(2,15-10-6-7-11-15)17(21)19-13-16(20)12-14-8-4-3-5-9-14/h3-5,8-9,15-16,20H,6-7,10-13H2,1-2H3,(H,19,21). The Morgan fingerprint density at radius 2 is 1.90 bits per heavy atom. The number of carbonyl (C=O) groups is 1. The first-order chi connectivity index (χ1) is 10.00. The van der Waals surface area contributed by atoms with E-state index in [1.54, 1.807) is 0 Å². The first kappa shape index (κ1) is 16.0. The summed E-state index contributed by atoms with van der Waals surface area (Å²) >= 11 is 0. The highest BCUT2D eigenvalue weighted by Crippen LogP contribution is 2.39. The molecule has 0 radical (unpaired) electrons. The van der Waals surface area contributed by atoms with Crippen molar-refractivity contribution in [3.8, 4) is 0 Å². The Balaban J connectivity index is 1.80. The first-order valence-corrected chi connectivity index (χ1v) is 8.00. The summed E-state index contributed by atoms with van der Waals surface area (Å²) in [6.45, 7) is 4.38. The third-order valence-corrected chi connectivity index (χ3v) is 4.77. The van der Waals surface area contributed by atoms with E-state index < -0.39 is 6.10 Å². The van der Waals surface area contributed by atoms with Crippen LogP contribution in [0.2, 0.25) is 0 Å². The molecule has 1 unspecified atom stereocenters. The molecular formula is C18H27NO2. The molecule has 1 saturated carbocycles. The molecule has 2 N–H and O–H groups in total. The van der Waals surface area contributed by atoms with Crippen LogP contribution in [0.4, 0.5) is 0 Å². The molecule has 3 heteroatoms. The minimum Gasteiger partial charge on any atom is -0.391 e. The third-order valence-electron chi connectivity index (χ3n) is 4.77. The zero-order valence-corrected chi connectivity index (χ0v) is 13.1. The van der Waals surface area contributed by atoms with Crippen molar-refractivity contribution in [3.63, 3.8) is 0 Å². The van der Waals surface area contributed by atoms with Crippen molar-refractivity contribution in [2.45, 2.75) is 52.1 Å². The molecule has 1 fully saturated rings. The molecule has 0 saturated heterocycles. The third kappa shape index (κ3) is 4.31. The van der Waals surface area contributed by atoms with Gasteiger partial charge in [0.15, 0.2) is 0 Å². The normalized spacial score (nSPS) is 17.7. The van der Waals surface area contributed by atoms with Gasteiger partial charge in [-0.2, -0.15) is 0 Å². The maximum Gasteiger partial charge on any atom is 0.226 e. The minimum atomic E-state index is -0.532. The second-order valence-corrected chi connectivity index (χ2v) is 6.76. The number of aliphatic hydroxyl groups is 1. The van der Waals surface area contributed by atoms with Gasteiger partial charge in [-0.1, -0.05) is 57.0 Å². The van der Waals surface area contributed by atoms with Crippen LogP contribution in [-0.2, 0) is 11.2 Å². The van der Waals surface area contributed by atoms with Crippen LogP contribution < -0.4 is 5.32 Å². The predicted octanol–water partition coefficient (Wildman–Crippen LogP) is 2.92.